The van der Waals surface area contributed by atoms with Crippen molar-refractivity contribution in [1.29, 1.82) is 0 Å². The SMILES string of the molecule is O=[N+]([O-])c1cnc(NCCC2CCCC2)c(Cl)c1. The first kappa shape index (κ1) is 13.1. The molecule has 0 spiro atoms. The molecule has 0 aromatic carbocycles. The molecule has 0 amide bonds. The van der Waals surface area contributed by atoms with E-state index < -0.39 is 4.92 Å². The monoisotopic (exact) mass is 269 g/mol. The fraction of sp³-hybridized carbons (Fsp3) is 0.583. The fourth-order valence-corrected chi connectivity index (χ4v) is 2.58. The van der Waals surface area contributed by atoms with Crippen molar-refractivity contribution in [3.8, 4) is 0 Å². The van der Waals surface area contributed by atoms with Crippen molar-refractivity contribution in [2.75, 3.05) is 11.9 Å². The third-order valence-electron chi connectivity index (χ3n) is 3.36. The summed E-state index contributed by atoms with van der Waals surface area (Å²) in [5.41, 5.74) is -0.0821. The van der Waals surface area contributed by atoms with Gasteiger partial charge in [-0.25, -0.2) is 4.98 Å². The summed E-state index contributed by atoms with van der Waals surface area (Å²) in [6.45, 7) is 0.815. The lowest BCUT2D eigenvalue weighted by atomic mass is 10.0. The van der Waals surface area contributed by atoms with Crippen LogP contribution >= 0.6 is 11.6 Å². The quantitative estimate of drug-likeness (QED) is 0.655. The number of rotatable bonds is 5. The van der Waals surface area contributed by atoms with Crippen LogP contribution < -0.4 is 5.32 Å². The lowest BCUT2D eigenvalue weighted by Gasteiger charge is -2.10. The van der Waals surface area contributed by atoms with Gasteiger partial charge in [-0.2, -0.15) is 0 Å². The molecule has 1 aliphatic rings. The Hall–Kier alpha value is -1.36. The van der Waals surface area contributed by atoms with E-state index in [1.165, 1.54) is 37.9 Å². The first-order valence-corrected chi connectivity index (χ1v) is 6.58. The molecule has 1 heterocycles. The number of hydrogen-bond donors (Lipinski definition) is 1. The molecule has 18 heavy (non-hydrogen) atoms. The van der Waals surface area contributed by atoms with E-state index in [0.29, 0.717) is 10.8 Å². The van der Waals surface area contributed by atoms with Gasteiger partial charge in [-0.15, -0.1) is 0 Å². The second-order valence-corrected chi connectivity index (χ2v) is 5.05. The van der Waals surface area contributed by atoms with Gasteiger partial charge in [-0.3, -0.25) is 10.1 Å². The Morgan fingerprint density at radius 2 is 2.22 bits per heavy atom. The Morgan fingerprint density at radius 3 is 2.83 bits per heavy atom. The summed E-state index contributed by atoms with van der Waals surface area (Å²) in [5.74, 6) is 1.33. The molecular weight excluding hydrogens is 254 g/mol. The van der Waals surface area contributed by atoms with Crippen molar-refractivity contribution in [1.82, 2.24) is 4.98 Å². The highest BCUT2D eigenvalue weighted by atomic mass is 35.5. The Labute approximate surface area is 111 Å². The molecule has 1 aromatic heterocycles. The van der Waals surface area contributed by atoms with Crippen LogP contribution in [0, 0.1) is 16.0 Å². The minimum absolute atomic E-state index is 0.0821. The summed E-state index contributed by atoms with van der Waals surface area (Å²) in [7, 11) is 0. The van der Waals surface area contributed by atoms with Crippen LogP contribution in [0.4, 0.5) is 11.5 Å². The molecule has 0 unspecified atom stereocenters. The lowest BCUT2D eigenvalue weighted by Crippen LogP contribution is -2.08. The minimum Gasteiger partial charge on any atom is -0.369 e. The Kier molecular flexibility index (Phi) is 4.36. The van der Waals surface area contributed by atoms with E-state index in [0.717, 1.165) is 18.9 Å². The summed E-state index contributed by atoms with van der Waals surface area (Å²) < 4.78 is 0. The molecule has 1 aromatic rings. The lowest BCUT2D eigenvalue weighted by molar-refractivity contribution is -0.385. The van der Waals surface area contributed by atoms with Gasteiger partial charge < -0.3 is 5.32 Å². The van der Waals surface area contributed by atoms with Gasteiger partial charge in [0.05, 0.1) is 9.95 Å². The van der Waals surface area contributed by atoms with Gasteiger partial charge >= 0.3 is 0 Å². The van der Waals surface area contributed by atoms with Crippen LogP contribution in [0.25, 0.3) is 0 Å². The zero-order chi connectivity index (χ0) is 13.0. The number of hydrogen-bond acceptors (Lipinski definition) is 4. The second-order valence-electron chi connectivity index (χ2n) is 4.65. The predicted molar refractivity (Wildman–Crippen MR) is 71.0 cm³/mol. The van der Waals surface area contributed by atoms with E-state index in [9.17, 15) is 10.1 Å². The molecular formula is C12H16ClN3O2. The molecule has 1 aliphatic carbocycles. The number of nitro groups is 1. The maximum absolute atomic E-state index is 10.5. The molecule has 98 valence electrons. The molecule has 0 atom stereocenters. The maximum Gasteiger partial charge on any atom is 0.289 e. The van der Waals surface area contributed by atoms with Crippen molar-refractivity contribution in [2.45, 2.75) is 32.1 Å². The first-order valence-electron chi connectivity index (χ1n) is 6.20. The molecule has 1 N–H and O–H groups in total. The standard InChI is InChI=1S/C12H16ClN3O2/c13-11-7-10(16(17)18)8-15-12(11)14-6-5-9-3-1-2-4-9/h7-9H,1-6H2,(H,14,15). The summed E-state index contributed by atoms with van der Waals surface area (Å²) in [4.78, 5) is 14.0. The highest BCUT2D eigenvalue weighted by Gasteiger charge is 2.15. The van der Waals surface area contributed by atoms with Crippen LogP contribution in [0.5, 0.6) is 0 Å². The molecule has 2 rings (SSSR count). The largest absolute Gasteiger partial charge is 0.369 e. The number of aromatic nitrogens is 1. The highest BCUT2D eigenvalue weighted by molar-refractivity contribution is 6.33. The molecule has 0 aliphatic heterocycles. The number of halogens is 1. The zero-order valence-electron chi connectivity index (χ0n) is 10.1. The van der Waals surface area contributed by atoms with Gasteiger partial charge in [0.1, 0.15) is 12.0 Å². The van der Waals surface area contributed by atoms with Gasteiger partial charge in [0.25, 0.3) is 5.69 Å². The molecule has 0 radical (unpaired) electrons. The van der Waals surface area contributed by atoms with Crippen LogP contribution in [0.3, 0.4) is 0 Å². The number of nitrogens with zero attached hydrogens (tertiary/aromatic N) is 2. The Balaban J connectivity index is 1.87. The van der Waals surface area contributed by atoms with Gasteiger partial charge in [0.15, 0.2) is 0 Å². The van der Waals surface area contributed by atoms with Crippen LogP contribution in [0.2, 0.25) is 5.02 Å². The Bertz CT molecular complexity index is 433. The third-order valence-corrected chi connectivity index (χ3v) is 3.65. The molecule has 0 saturated heterocycles. The van der Waals surface area contributed by atoms with Crippen LogP contribution in [-0.4, -0.2) is 16.5 Å². The van der Waals surface area contributed by atoms with E-state index in [2.05, 4.69) is 10.3 Å². The molecule has 1 saturated carbocycles. The van der Waals surface area contributed by atoms with E-state index >= 15 is 0 Å². The molecule has 5 nitrogen and oxygen atoms in total. The second kappa shape index (κ2) is 6.00. The summed E-state index contributed by atoms with van der Waals surface area (Å²) in [5, 5.41) is 14.0. The van der Waals surface area contributed by atoms with Crippen LogP contribution in [0.15, 0.2) is 12.3 Å². The van der Waals surface area contributed by atoms with E-state index in [4.69, 9.17) is 11.6 Å². The predicted octanol–water partition coefficient (Wildman–Crippen LogP) is 3.64. The average molecular weight is 270 g/mol. The number of pyridine rings is 1. The van der Waals surface area contributed by atoms with Gasteiger partial charge in [0.2, 0.25) is 0 Å². The fourth-order valence-electron chi connectivity index (χ4n) is 2.35. The van der Waals surface area contributed by atoms with Gasteiger partial charge in [0, 0.05) is 12.6 Å². The van der Waals surface area contributed by atoms with Crippen molar-refractivity contribution < 1.29 is 4.92 Å². The summed E-state index contributed by atoms with van der Waals surface area (Å²) in [6, 6.07) is 1.33. The van der Waals surface area contributed by atoms with Crippen LogP contribution in [0.1, 0.15) is 32.1 Å². The minimum atomic E-state index is -0.499. The van der Waals surface area contributed by atoms with Crippen molar-refractivity contribution in [2.24, 2.45) is 5.92 Å². The van der Waals surface area contributed by atoms with Crippen molar-refractivity contribution in [3.05, 3.63) is 27.4 Å². The number of anilines is 1. The normalized spacial score (nSPS) is 15.8. The van der Waals surface area contributed by atoms with Gasteiger partial charge in [-0.05, 0) is 12.3 Å². The molecule has 0 bridgehead atoms. The zero-order valence-corrected chi connectivity index (χ0v) is 10.8. The topological polar surface area (TPSA) is 68.1 Å². The average Bonchev–Trinajstić information content (AvgIpc) is 2.84. The van der Waals surface area contributed by atoms with E-state index in [-0.39, 0.29) is 5.69 Å². The van der Waals surface area contributed by atoms with E-state index in [1.807, 2.05) is 0 Å². The van der Waals surface area contributed by atoms with E-state index in [1.54, 1.807) is 0 Å². The van der Waals surface area contributed by atoms with Crippen molar-refractivity contribution in [3.63, 3.8) is 0 Å². The van der Waals surface area contributed by atoms with Gasteiger partial charge in [-0.1, -0.05) is 37.3 Å². The van der Waals surface area contributed by atoms with Crippen LogP contribution in [-0.2, 0) is 0 Å². The highest BCUT2D eigenvalue weighted by Crippen LogP contribution is 2.28. The summed E-state index contributed by atoms with van der Waals surface area (Å²) >= 11 is 5.94. The maximum atomic E-state index is 10.5. The number of nitrogens with one attached hydrogen (secondary N) is 1. The Morgan fingerprint density at radius 1 is 1.50 bits per heavy atom. The molecule has 6 heteroatoms. The van der Waals surface area contributed by atoms with Crippen molar-refractivity contribution >= 4 is 23.1 Å². The summed E-state index contributed by atoms with van der Waals surface area (Å²) in [6.07, 6.45) is 7.62. The first-order chi connectivity index (χ1) is 8.66. The third kappa shape index (κ3) is 3.32. The smallest absolute Gasteiger partial charge is 0.289 e. The molecule has 1 fully saturated rings.